The minimum absolute atomic E-state index is 0.201. The number of ether oxygens (including phenoxy) is 1. The molecule has 3 rings (SSSR count). The standard InChI is InChI=1S/C16H16N4O2S/c1-11-3-5-13(6-4-11)20-9-14(18-19-20)16(21)22-8-7-15-12(2)17-10-23-15/h3-6,9-10H,7-8H2,1-2H3. The van der Waals surface area contributed by atoms with Crippen molar-refractivity contribution >= 4 is 17.3 Å². The molecule has 0 amide bonds. The summed E-state index contributed by atoms with van der Waals surface area (Å²) in [5, 5.41) is 7.84. The van der Waals surface area contributed by atoms with Gasteiger partial charge in [0.1, 0.15) is 0 Å². The van der Waals surface area contributed by atoms with Crippen molar-refractivity contribution in [2.75, 3.05) is 6.61 Å². The number of aryl methyl sites for hydroxylation is 2. The van der Waals surface area contributed by atoms with E-state index in [4.69, 9.17) is 4.74 Å². The van der Waals surface area contributed by atoms with Gasteiger partial charge in [0.05, 0.1) is 29.7 Å². The van der Waals surface area contributed by atoms with Gasteiger partial charge >= 0.3 is 5.97 Å². The number of nitrogens with zero attached hydrogens (tertiary/aromatic N) is 4. The molecule has 0 bridgehead atoms. The van der Waals surface area contributed by atoms with Gasteiger partial charge in [-0.2, -0.15) is 0 Å². The third-order valence-corrected chi connectivity index (χ3v) is 4.40. The van der Waals surface area contributed by atoms with Gasteiger partial charge in [0.2, 0.25) is 0 Å². The summed E-state index contributed by atoms with van der Waals surface area (Å²) in [6.45, 7) is 4.26. The van der Waals surface area contributed by atoms with Crippen LogP contribution >= 0.6 is 11.3 Å². The van der Waals surface area contributed by atoms with Crippen LogP contribution in [-0.2, 0) is 11.2 Å². The zero-order chi connectivity index (χ0) is 16.2. The lowest BCUT2D eigenvalue weighted by Gasteiger charge is -2.01. The number of benzene rings is 1. The molecule has 0 aliphatic carbocycles. The van der Waals surface area contributed by atoms with Crippen LogP contribution < -0.4 is 0 Å². The first-order valence-corrected chi connectivity index (χ1v) is 8.07. The number of esters is 1. The van der Waals surface area contributed by atoms with Crippen molar-refractivity contribution in [1.29, 1.82) is 0 Å². The third-order valence-electron chi connectivity index (χ3n) is 3.41. The maximum atomic E-state index is 12.0. The van der Waals surface area contributed by atoms with E-state index in [1.54, 1.807) is 27.7 Å². The molecule has 7 heteroatoms. The topological polar surface area (TPSA) is 69.9 Å². The molecule has 3 aromatic rings. The molecular formula is C16H16N4O2S. The first kappa shape index (κ1) is 15.4. The lowest BCUT2D eigenvalue weighted by Crippen LogP contribution is -2.08. The summed E-state index contributed by atoms with van der Waals surface area (Å²) in [7, 11) is 0. The maximum absolute atomic E-state index is 12.0. The third kappa shape index (κ3) is 3.62. The highest BCUT2D eigenvalue weighted by Crippen LogP contribution is 2.13. The molecule has 2 heterocycles. The second-order valence-corrected chi connectivity index (χ2v) is 6.07. The molecule has 118 valence electrons. The fourth-order valence-electron chi connectivity index (χ4n) is 2.06. The second-order valence-electron chi connectivity index (χ2n) is 5.13. The summed E-state index contributed by atoms with van der Waals surface area (Å²) in [4.78, 5) is 17.3. The maximum Gasteiger partial charge on any atom is 0.360 e. The van der Waals surface area contributed by atoms with Crippen molar-refractivity contribution in [2.24, 2.45) is 0 Å². The molecule has 0 spiro atoms. The molecule has 0 aliphatic heterocycles. The minimum Gasteiger partial charge on any atom is -0.460 e. The average Bonchev–Trinajstić information content (AvgIpc) is 3.18. The minimum atomic E-state index is -0.467. The Balaban J connectivity index is 1.60. The molecule has 1 aromatic carbocycles. The van der Waals surface area contributed by atoms with Gasteiger partial charge in [-0.1, -0.05) is 22.9 Å². The van der Waals surface area contributed by atoms with E-state index in [2.05, 4.69) is 15.3 Å². The molecule has 23 heavy (non-hydrogen) atoms. The summed E-state index contributed by atoms with van der Waals surface area (Å²) < 4.78 is 6.81. The fourth-order valence-corrected chi connectivity index (χ4v) is 2.82. The van der Waals surface area contributed by atoms with Crippen molar-refractivity contribution in [3.8, 4) is 5.69 Å². The summed E-state index contributed by atoms with van der Waals surface area (Å²) >= 11 is 1.57. The Kier molecular flexibility index (Phi) is 4.47. The van der Waals surface area contributed by atoms with Gasteiger partial charge in [-0.15, -0.1) is 16.4 Å². The fraction of sp³-hybridized carbons (Fsp3) is 0.250. The van der Waals surface area contributed by atoms with Crippen molar-refractivity contribution in [3.05, 3.63) is 57.8 Å². The highest BCUT2D eigenvalue weighted by Gasteiger charge is 2.13. The van der Waals surface area contributed by atoms with Gasteiger partial charge < -0.3 is 4.74 Å². The number of hydrogen-bond donors (Lipinski definition) is 0. The van der Waals surface area contributed by atoms with Gasteiger partial charge in [-0.05, 0) is 26.0 Å². The molecule has 0 N–H and O–H groups in total. The monoisotopic (exact) mass is 328 g/mol. The summed E-state index contributed by atoms with van der Waals surface area (Å²) in [6, 6.07) is 7.80. The number of hydrogen-bond acceptors (Lipinski definition) is 6. The Labute approximate surface area is 137 Å². The van der Waals surface area contributed by atoms with E-state index < -0.39 is 5.97 Å². The van der Waals surface area contributed by atoms with Crippen LogP contribution in [0.3, 0.4) is 0 Å². The van der Waals surface area contributed by atoms with Gasteiger partial charge in [-0.25, -0.2) is 14.5 Å². The molecule has 0 unspecified atom stereocenters. The summed E-state index contributed by atoms with van der Waals surface area (Å²) in [5.41, 5.74) is 4.98. The molecule has 0 aliphatic rings. The quantitative estimate of drug-likeness (QED) is 0.674. The van der Waals surface area contributed by atoms with E-state index in [1.165, 1.54) is 0 Å². The van der Waals surface area contributed by atoms with Gasteiger partial charge in [0, 0.05) is 11.3 Å². The molecule has 6 nitrogen and oxygen atoms in total. The van der Waals surface area contributed by atoms with Crippen LogP contribution in [0.15, 0.2) is 36.0 Å². The Morgan fingerprint density at radius 3 is 2.74 bits per heavy atom. The molecule has 0 atom stereocenters. The van der Waals surface area contributed by atoms with Crippen molar-refractivity contribution in [3.63, 3.8) is 0 Å². The largest absolute Gasteiger partial charge is 0.460 e. The van der Waals surface area contributed by atoms with Crippen LogP contribution in [0, 0.1) is 13.8 Å². The number of rotatable bonds is 5. The van der Waals surface area contributed by atoms with Gasteiger partial charge in [0.15, 0.2) is 5.69 Å². The molecular weight excluding hydrogens is 312 g/mol. The molecule has 0 radical (unpaired) electrons. The van der Waals surface area contributed by atoms with Crippen LogP contribution in [0.1, 0.15) is 26.6 Å². The van der Waals surface area contributed by atoms with E-state index in [0.29, 0.717) is 13.0 Å². The van der Waals surface area contributed by atoms with E-state index in [1.807, 2.05) is 38.1 Å². The van der Waals surface area contributed by atoms with Gasteiger partial charge in [0.25, 0.3) is 0 Å². The van der Waals surface area contributed by atoms with Crippen LogP contribution in [0.5, 0.6) is 0 Å². The van der Waals surface area contributed by atoms with Crippen molar-refractivity contribution in [1.82, 2.24) is 20.0 Å². The van der Waals surface area contributed by atoms with Crippen LogP contribution in [0.4, 0.5) is 0 Å². The number of thiazole rings is 1. The van der Waals surface area contributed by atoms with Crippen LogP contribution in [0.2, 0.25) is 0 Å². The molecule has 0 saturated heterocycles. The van der Waals surface area contributed by atoms with E-state index in [9.17, 15) is 4.79 Å². The average molecular weight is 328 g/mol. The SMILES string of the molecule is Cc1ccc(-n2cc(C(=O)OCCc3scnc3C)nn2)cc1. The van der Waals surface area contributed by atoms with E-state index in [0.717, 1.165) is 21.8 Å². The highest BCUT2D eigenvalue weighted by atomic mass is 32.1. The smallest absolute Gasteiger partial charge is 0.360 e. The Morgan fingerprint density at radius 2 is 2.04 bits per heavy atom. The highest BCUT2D eigenvalue weighted by molar-refractivity contribution is 7.09. The summed E-state index contributed by atoms with van der Waals surface area (Å²) in [5.74, 6) is -0.467. The first-order chi connectivity index (χ1) is 11.1. The Morgan fingerprint density at radius 1 is 1.26 bits per heavy atom. The second kappa shape index (κ2) is 6.70. The first-order valence-electron chi connectivity index (χ1n) is 7.19. The van der Waals surface area contributed by atoms with Crippen molar-refractivity contribution < 1.29 is 9.53 Å². The number of aromatic nitrogens is 4. The zero-order valence-electron chi connectivity index (χ0n) is 12.9. The van der Waals surface area contributed by atoms with Crippen LogP contribution in [-0.4, -0.2) is 32.6 Å². The van der Waals surface area contributed by atoms with E-state index in [-0.39, 0.29) is 5.69 Å². The van der Waals surface area contributed by atoms with Crippen molar-refractivity contribution in [2.45, 2.75) is 20.3 Å². The predicted molar refractivity (Wildman–Crippen MR) is 86.9 cm³/mol. The molecule has 0 fully saturated rings. The molecule has 0 saturated carbocycles. The zero-order valence-corrected chi connectivity index (χ0v) is 13.7. The van der Waals surface area contributed by atoms with Crippen LogP contribution in [0.25, 0.3) is 5.69 Å². The number of carbonyl (C=O) groups excluding carboxylic acids is 1. The predicted octanol–water partition coefficient (Wildman–Crippen LogP) is 2.74. The summed E-state index contributed by atoms with van der Waals surface area (Å²) in [6.07, 6.45) is 2.24. The number of carbonyl (C=O) groups is 1. The lowest BCUT2D eigenvalue weighted by molar-refractivity contribution is 0.0502. The Bertz CT molecular complexity index is 808. The lowest BCUT2D eigenvalue weighted by atomic mass is 10.2. The normalized spacial score (nSPS) is 10.7. The Hall–Kier alpha value is -2.54. The van der Waals surface area contributed by atoms with E-state index >= 15 is 0 Å². The van der Waals surface area contributed by atoms with Gasteiger partial charge in [-0.3, -0.25) is 0 Å². The molecule has 2 aromatic heterocycles.